The number of imidazole rings is 1. The van der Waals surface area contributed by atoms with Gasteiger partial charge in [0, 0.05) is 48.9 Å². The van der Waals surface area contributed by atoms with E-state index in [1.807, 2.05) is 18.6 Å². The van der Waals surface area contributed by atoms with Crippen LogP contribution in [-0.2, 0) is 24.0 Å². The number of morpholine rings is 1. The number of unbranched alkanes of at least 4 members (excludes halogenated alkanes) is 3. The largest absolute Gasteiger partial charge is 0.416 e. The van der Waals surface area contributed by atoms with Crippen LogP contribution in [0.3, 0.4) is 0 Å². The molecule has 0 atom stereocenters. The van der Waals surface area contributed by atoms with E-state index in [0.717, 1.165) is 93.2 Å². The molecule has 3 heterocycles. The zero-order valence-corrected chi connectivity index (χ0v) is 19.4. The third-order valence-electron chi connectivity index (χ3n) is 5.87. The van der Waals surface area contributed by atoms with Gasteiger partial charge >= 0.3 is 6.18 Å². The smallest absolute Gasteiger partial charge is 0.379 e. The van der Waals surface area contributed by atoms with Gasteiger partial charge in [0.25, 0.3) is 0 Å². The molecule has 0 saturated carbocycles. The first-order valence-electron chi connectivity index (χ1n) is 11.4. The SMILES string of the molecule is FC(F)(F)c1ccc2c(SCCCCCCn3cncc3CN3CCOCC3)ccnc2c1. The summed E-state index contributed by atoms with van der Waals surface area (Å²) in [5, 5.41) is 0.781. The topological polar surface area (TPSA) is 43.2 Å². The Bertz CT molecular complexity index is 1030. The Morgan fingerprint density at radius 2 is 1.85 bits per heavy atom. The van der Waals surface area contributed by atoms with Crippen molar-refractivity contribution in [3.05, 3.63) is 54.2 Å². The number of pyridine rings is 1. The molecule has 33 heavy (non-hydrogen) atoms. The second kappa shape index (κ2) is 11.4. The highest BCUT2D eigenvalue weighted by molar-refractivity contribution is 7.99. The molecular formula is C24H29F3N4OS. The van der Waals surface area contributed by atoms with Crippen LogP contribution in [0.2, 0.25) is 0 Å². The van der Waals surface area contributed by atoms with E-state index < -0.39 is 11.7 Å². The van der Waals surface area contributed by atoms with Gasteiger partial charge in [-0.15, -0.1) is 11.8 Å². The Hall–Kier alpha value is -2.10. The minimum Gasteiger partial charge on any atom is -0.379 e. The van der Waals surface area contributed by atoms with E-state index in [-0.39, 0.29) is 0 Å². The van der Waals surface area contributed by atoms with Crippen LogP contribution in [0.25, 0.3) is 10.9 Å². The Morgan fingerprint density at radius 1 is 1.03 bits per heavy atom. The summed E-state index contributed by atoms with van der Waals surface area (Å²) in [7, 11) is 0. The second-order valence-electron chi connectivity index (χ2n) is 8.27. The molecule has 1 aliphatic rings. The Balaban J connectivity index is 1.18. The number of aryl methyl sites for hydroxylation is 1. The van der Waals surface area contributed by atoms with Gasteiger partial charge in [-0.05, 0) is 36.8 Å². The molecule has 0 unspecified atom stereocenters. The van der Waals surface area contributed by atoms with E-state index in [1.165, 1.54) is 11.8 Å². The van der Waals surface area contributed by atoms with E-state index in [0.29, 0.717) is 5.52 Å². The van der Waals surface area contributed by atoms with Gasteiger partial charge in [-0.1, -0.05) is 18.9 Å². The molecule has 1 fully saturated rings. The average molecular weight is 479 g/mol. The highest BCUT2D eigenvalue weighted by atomic mass is 32.2. The Morgan fingerprint density at radius 3 is 2.67 bits per heavy atom. The molecule has 1 aromatic carbocycles. The Kier molecular flexibility index (Phi) is 8.27. The lowest BCUT2D eigenvalue weighted by Gasteiger charge is -2.26. The van der Waals surface area contributed by atoms with Gasteiger partial charge in [-0.3, -0.25) is 9.88 Å². The van der Waals surface area contributed by atoms with Crippen molar-refractivity contribution >= 4 is 22.7 Å². The van der Waals surface area contributed by atoms with Crippen molar-refractivity contribution in [2.24, 2.45) is 0 Å². The lowest BCUT2D eigenvalue weighted by atomic mass is 10.1. The quantitative estimate of drug-likeness (QED) is 0.279. The lowest BCUT2D eigenvalue weighted by Crippen LogP contribution is -2.36. The number of hydrogen-bond acceptors (Lipinski definition) is 5. The van der Waals surface area contributed by atoms with Crippen LogP contribution in [0.5, 0.6) is 0 Å². The van der Waals surface area contributed by atoms with Gasteiger partial charge in [0.05, 0.1) is 36.3 Å². The first-order valence-corrected chi connectivity index (χ1v) is 12.4. The van der Waals surface area contributed by atoms with Crippen molar-refractivity contribution < 1.29 is 17.9 Å². The maximum atomic E-state index is 12.9. The van der Waals surface area contributed by atoms with Crippen molar-refractivity contribution in [1.82, 2.24) is 19.4 Å². The van der Waals surface area contributed by atoms with Crippen molar-refractivity contribution in [3.8, 4) is 0 Å². The van der Waals surface area contributed by atoms with E-state index in [4.69, 9.17) is 4.74 Å². The Labute approximate surface area is 196 Å². The summed E-state index contributed by atoms with van der Waals surface area (Å²) >= 11 is 1.69. The van der Waals surface area contributed by atoms with E-state index in [9.17, 15) is 13.2 Å². The average Bonchev–Trinajstić information content (AvgIpc) is 3.25. The van der Waals surface area contributed by atoms with Crippen molar-refractivity contribution in [2.75, 3.05) is 32.1 Å². The first-order chi connectivity index (χ1) is 16.0. The molecule has 0 N–H and O–H groups in total. The molecule has 0 bridgehead atoms. The molecule has 0 aliphatic carbocycles. The molecule has 0 spiro atoms. The number of ether oxygens (including phenoxy) is 1. The van der Waals surface area contributed by atoms with Crippen LogP contribution < -0.4 is 0 Å². The molecule has 9 heteroatoms. The van der Waals surface area contributed by atoms with Crippen molar-refractivity contribution in [2.45, 2.75) is 49.8 Å². The van der Waals surface area contributed by atoms with E-state index in [2.05, 4.69) is 19.4 Å². The molecule has 0 amide bonds. The number of halogens is 3. The van der Waals surface area contributed by atoms with Crippen LogP contribution in [-0.4, -0.2) is 51.5 Å². The fourth-order valence-electron chi connectivity index (χ4n) is 4.01. The minimum atomic E-state index is -4.35. The molecule has 0 radical (unpaired) electrons. The van der Waals surface area contributed by atoms with Crippen LogP contribution in [0.4, 0.5) is 13.2 Å². The molecule has 1 saturated heterocycles. The second-order valence-corrected chi connectivity index (χ2v) is 9.41. The van der Waals surface area contributed by atoms with E-state index in [1.54, 1.807) is 18.0 Å². The fraction of sp³-hybridized carbons (Fsp3) is 0.500. The van der Waals surface area contributed by atoms with Crippen LogP contribution in [0.1, 0.15) is 36.9 Å². The lowest BCUT2D eigenvalue weighted by molar-refractivity contribution is -0.137. The summed E-state index contributed by atoms with van der Waals surface area (Å²) in [6.45, 7) is 5.44. The maximum Gasteiger partial charge on any atom is 0.416 e. The number of hydrogen-bond donors (Lipinski definition) is 0. The standard InChI is InChI=1S/C24H29F3N4OS/c25-24(26,27)19-5-6-21-22(15-19)29-8-7-23(21)33-14-4-2-1-3-9-31-18-28-16-20(31)17-30-10-12-32-13-11-30/h5-8,15-16,18H,1-4,9-14,17H2. The number of nitrogens with zero attached hydrogens (tertiary/aromatic N) is 4. The predicted octanol–water partition coefficient (Wildman–Crippen LogP) is 5.64. The summed E-state index contributed by atoms with van der Waals surface area (Å²) in [6.07, 6.45) is 5.56. The summed E-state index contributed by atoms with van der Waals surface area (Å²) < 4.78 is 46.5. The third kappa shape index (κ3) is 6.71. The number of fused-ring (bicyclic) bond motifs is 1. The predicted molar refractivity (Wildman–Crippen MR) is 124 cm³/mol. The van der Waals surface area contributed by atoms with Crippen LogP contribution in [0, 0.1) is 0 Å². The zero-order chi connectivity index (χ0) is 23.1. The highest BCUT2D eigenvalue weighted by Crippen LogP contribution is 2.34. The van der Waals surface area contributed by atoms with Crippen LogP contribution >= 0.6 is 11.8 Å². The summed E-state index contributed by atoms with van der Waals surface area (Å²) in [5.41, 5.74) is 0.990. The molecule has 2 aromatic heterocycles. The number of alkyl halides is 3. The maximum absolute atomic E-state index is 12.9. The molecule has 5 nitrogen and oxygen atoms in total. The number of benzene rings is 1. The van der Waals surface area contributed by atoms with Gasteiger partial charge in [-0.2, -0.15) is 13.2 Å². The summed E-state index contributed by atoms with van der Waals surface area (Å²) in [6, 6.07) is 5.68. The number of rotatable bonds is 10. The highest BCUT2D eigenvalue weighted by Gasteiger charge is 2.30. The minimum absolute atomic E-state index is 0.392. The van der Waals surface area contributed by atoms with Gasteiger partial charge in [-0.25, -0.2) is 4.98 Å². The number of thioether (sulfide) groups is 1. The molecule has 4 rings (SSSR count). The molecular weight excluding hydrogens is 449 g/mol. The fourth-order valence-corrected chi connectivity index (χ4v) is 5.07. The normalized spacial score (nSPS) is 15.4. The van der Waals surface area contributed by atoms with Gasteiger partial charge in [0.1, 0.15) is 0 Å². The van der Waals surface area contributed by atoms with E-state index >= 15 is 0 Å². The number of aromatic nitrogens is 3. The summed E-state index contributed by atoms with van der Waals surface area (Å²) in [4.78, 5) is 11.8. The van der Waals surface area contributed by atoms with Crippen molar-refractivity contribution in [1.29, 1.82) is 0 Å². The monoisotopic (exact) mass is 478 g/mol. The van der Waals surface area contributed by atoms with Gasteiger partial charge < -0.3 is 9.30 Å². The molecule has 3 aromatic rings. The van der Waals surface area contributed by atoms with Gasteiger partial charge in [0.15, 0.2) is 0 Å². The van der Waals surface area contributed by atoms with Crippen LogP contribution in [0.15, 0.2) is 47.9 Å². The zero-order valence-electron chi connectivity index (χ0n) is 18.6. The molecule has 1 aliphatic heterocycles. The van der Waals surface area contributed by atoms with Gasteiger partial charge in [0.2, 0.25) is 0 Å². The molecule has 178 valence electrons. The first kappa shape index (κ1) is 24.0. The summed E-state index contributed by atoms with van der Waals surface area (Å²) in [5.74, 6) is 0.938. The van der Waals surface area contributed by atoms with Crippen molar-refractivity contribution in [3.63, 3.8) is 0 Å². The third-order valence-corrected chi connectivity index (χ3v) is 7.03.